The Bertz CT molecular complexity index is 688. The molecule has 0 radical (unpaired) electrons. The third-order valence-corrected chi connectivity index (χ3v) is 3.52. The summed E-state index contributed by atoms with van der Waals surface area (Å²) in [5, 5.41) is 5.93. The van der Waals surface area contributed by atoms with Gasteiger partial charge in [-0.05, 0) is 17.7 Å². The highest BCUT2D eigenvalue weighted by Gasteiger charge is 2.20. The number of ether oxygens (including phenoxy) is 2. The van der Waals surface area contributed by atoms with Crippen LogP contribution < -0.4 is 15.4 Å². The van der Waals surface area contributed by atoms with E-state index in [1.807, 2.05) is 0 Å². The van der Waals surface area contributed by atoms with Crippen LogP contribution in [0.1, 0.15) is 5.56 Å². The molecule has 1 atom stereocenters. The summed E-state index contributed by atoms with van der Waals surface area (Å²) in [5.74, 6) is 0.270. The molecule has 2 heterocycles. The largest absolute Gasteiger partial charge is 0.439 e. The monoisotopic (exact) mass is 331 g/mol. The summed E-state index contributed by atoms with van der Waals surface area (Å²) in [6.45, 7) is 2.04. The minimum atomic E-state index is -0.368. The van der Waals surface area contributed by atoms with Crippen LogP contribution in [0.15, 0.2) is 42.6 Å². The number of halogens is 1. The Morgan fingerprint density at radius 3 is 3.04 bits per heavy atom. The van der Waals surface area contributed by atoms with E-state index < -0.39 is 0 Å². The summed E-state index contributed by atoms with van der Waals surface area (Å²) in [6.07, 6.45) is 1.61. The lowest BCUT2D eigenvalue weighted by Gasteiger charge is -2.22. The molecule has 6 nitrogen and oxygen atoms in total. The van der Waals surface area contributed by atoms with E-state index in [1.54, 1.807) is 30.5 Å². The molecule has 0 saturated carbocycles. The quantitative estimate of drug-likeness (QED) is 0.871. The molecule has 1 saturated heterocycles. The summed E-state index contributed by atoms with van der Waals surface area (Å²) in [7, 11) is 0. The molecule has 1 fully saturated rings. The first kappa shape index (κ1) is 16.4. The van der Waals surface area contributed by atoms with Gasteiger partial charge < -0.3 is 20.1 Å². The number of carbonyl (C=O) groups is 1. The van der Waals surface area contributed by atoms with Gasteiger partial charge in [0, 0.05) is 31.4 Å². The zero-order valence-corrected chi connectivity index (χ0v) is 13.0. The summed E-state index contributed by atoms with van der Waals surface area (Å²) in [4.78, 5) is 16.1. The van der Waals surface area contributed by atoms with E-state index in [0.717, 1.165) is 5.56 Å². The second kappa shape index (κ2) is 7.85. The average Bonchev–Trinajstić information content (AvgIpc) is 2.62. The first-order valence-corrected chi connectivity index (χ1v) is 7.68. The Morgan fingerprint density at radius 2 is 2.33 bits per heavy atom. The third kappa shape index (κ3) is 4.50. The van der Waals surface area contributed by atoms with Crippen LogP contribution in [0.3, 0.4) is 0 Å². The summed E-state index contributed by atoms with van der Waals surface area (Å²) in [6, 6.07) is 9.01. The molecule has 1 aliphatic heterocycles. The zero-order valence-electron chi connectivity index (χ0n) is 13.0. The van der Waals surface area contributed by atoms with Gasteiger partial charge in [-0.25, -0.2) is 9.37 Å². The van der Waals surface area contributed by atoms with E-state index in [9.17, 15) is 9.18 Å². The number of nitrogens with zero attached hydrogens (tertiary/aromatic N) is 1. The van der Waals surface area contributed by atoms with Crippen LogP contribution >= 0.6 is 0 Å². The van der Waals surface area contributed by atoms with E-state index in [1.165, 1.54) is 12.1 Å². The first-order valence-electron chi connectivity index (χ1n) is 7.68. The highest BCUT2D eigenvalue weighted by molar-refractivity contribution is 5.81. The number of carbonyl (C=O) groups excluding carboxylic acids is 1. The molecule has 126 valence electrons. The van der Waals surface area contributed by atoms with Gasteiger partial charge in [0.2, 0.25) is 11.8 Å². The van der Waals surface area contributed by atoms with E-state index in [2.05, 4.69) is 15.6 Å². The number of aromatic nitrogens is 1. The SMILES string of the molecule is O=C(NCc1ccc(Oc2cccc(F)c2)nc1)C1COCCN1. The van der Waals surface area contributed by atoms with Gasteiger partial charge in [-0.2, -0.15) is 0 Å². The van der Waals surface area contributed by atoms with Crippen molar-refractivity contribution in [1.82, 2.24) is 15.6 Å². The highest BCUT2D eigenvalue weighted by Crippen LogP contribution is 2.19. The molecular formula is C17H18FN3O3. The number of amides is 1. The molecule has 0 spiro atoms. The normalized spacial score (nSPS) is 17.3. The predicted octanol–water partition coefficient (Wildman–Crippen LogP) is 1.62. The first-order chi connectivity index (χ1) is 11.7. The van der Waals surface area contributed by atoms with Crippen LogP contribution in [0.25, 0.3) is 0 Å². The fraction of sp³-hybridized carbons (Fsp3) is 0.294. The molecule has 1 aromatic carbocycles. The highest BCUT2D eigenvalue weighted by atomic mass is 19.1. The number of rotatable bonds is 5. The third-order valence-electron chi connectivity index (χ3n) is 3.52. The van der Waals surface area contributed by atoms with Gasteiger partial charge >= 0.3 is 0 Å². The number of hydrogen-bond acceptors (Lipinski definition) is 5. The molecule has 3 rings (SSSR count). The Morgan fingerprint density at radius 1 is 1.42 bits per heavy atom. The van der Waals surface area contributed by atoms with Crippen LogP contribution in [0, 0.1) is 5.82 Å². The maximum Gasteiger partial charge on any atom is 0.239 e. The van der Waals surface area contributed by atoms with Gasteiger partial charge in [0.1, 0.15) is 17.6 Å². The minimum absolute atomic E-state index is 0.102. The number of morpholine rings is 1. The van der Waals surface area contributed by atoms with Crippen LogP contribution in [-0.2, 0) is 16.1 Å². The molecular weight excluding hydrogens is 313 g/mol. The van der Waals surface area contributed by atoms with Gasteiger partial charge in [0.25, 0.3) is 0 Å². The van der Waals surface area contributed by atoms with Crippen LogP contribution in [0.4, 0.5) is 4.39 Å². The van der Waals surface area contributed by atoms with Crippen molar-refractivity contribution >= 4 is 5.91 Å². The van der Waals surface area contributed by atoms with Gasteiger partial charge in [-0.1, -0.05) is 12.1 Å². The van der Waals surface area contributed by atoms with Gasteiger partial charge in [-0.3, -0.25) is 4.79 Å². The molecule has 7 heteroatoms. The zero-order chi connectivity index (χ0) is 16.8. The molecule has 1 amide bonds. The Balaban J connectivity index is 1.51. The van der Waals surface area contributed by atoms with E-state index >= 15 is 0 Å². The lowest BCUT2D eigenvalue weighted by molar-refractivity contribution is -0.126. The lowest BCUT2D eigenvalue weighted by atomic mass is 10.2. The number of pyridine rings is 1. The van der Waals surface area contributed by atoms with Crippen molar-refractivity contribution in [2.24, 2.45) is 0 Å². The second-order valence-electron chi connectivity index (χ2n) is 5.36. The molecule has 24 heavy (non-hydrogen) atoms. The van der Waals surface area contributed by atoms with E-state index in [4.69, 9.17) is 9.47 Å². The van der Waals surface area contributed by atoms with Crippen LogP contribution in [0.5, 0.6) is 11.6 Å². The van der Waals surface area contributed by atoms with Gasteiger partial charge in [0.05, 0.1) is 13.2 Å². The fourth-order valence-corrected chi connectivity index (χ4v) is 2.27. The molecule has 2 N–H and O–H groups in total. The Kier molecular flexibility index (Phi) is 5.35. The van der Waals surface area contributed by atoms with Crippen molar-refractivity contribution in [3.8, 4) is 11.6 Å². The predicted molar refractivity (Wildman–Crippen MR) is 85.2 cm³/mol. The summed E-state index contributed by atoms with van der Waals surface area (Å²) in [5.41, 5.74) is 0.840. The number of hydrogen-bond donors (Lipinski definition) is 2. The topological polar surface area (TPSA) is 72.5 Å². The van der Waals surface area contributed by atoms with Crippen molar-refractivity contribution in [3.05, 3.63) is 54.0 Å². The summed E-state index contributed by atoms with van der Waals surface area (Å²) < 4.78 is 23.8. The van der Waals surface area contributed by atoms with Crippen molar-refractivity contribution in [2.45, 2.75) is 12.6 Å². The van der Waals surface area contributed by atoms with Crippen molar-refractivity contribution < 1.29 is 18.7 Å². The maximum absolute atomic E-state index is 13.1. The minimum Gasteiger partial charge on any atom is -0.439 e. The van der Waals surface area contributed by atoms with E-state index in [0.29, 0.717) is 37.9 Å². The van der Waals surface area contributed by atoms with Crippen molar-refractivity contribution in [2.75, 3.05) is 19.8 Å². The van der Waals surface area contributed by atoms with Crippen molar-refractivity contribution in [1.29, 1.82) is 0 Å². The van der Waals surface area contributed by atoms with Gasteiger partial charge in [0.15, 0.2) is 0 Å². The van der Waals surface area contributed by atoms with Gasteiger partial charge in [-0.15, -0.1) is 0 Å². The van der Waals surface area contributed by atoms with Crippen LogP contribution in [-0.4, -0.2) is 36.7 Å². The molecule has 0 aliphatic carbocycles. The van der Waals surface area contributed by atoms with Crippen LogP contribution in [0.2, 0.25) is 0 Å². The number of benzene rings is 1. The number of nitrogens with one attached hydrogen (secondary N) is 2. The molecule has 1 aromatic heterocycles. The molecule has 1 aliphatic rings. The second-order valence-corrected chi connectivity index (χ2v) is 5.36. The van der Waals surface area contributed by atoms with E-state index in [-0.39, 0.29) is 17.8 Å². The lowest BCUT2D eigenvalue weighted by Crippen LogP contribution is -2.51. The van der Waals surface area contributed by atoms with Crippen molar-refractivity contribution in [3.63, 3.8) is 0 Å². The maximum atomic E-state index is 13.1. The molecule has 0 bridgehead atoms. The Labute approximate surface area is 139 Å². The fourth-order valence-electron chi connectivity index (χ4n) is 2.27. The average molecular weight is 331 g/mol. The standard InChI is InChI=1S/C17H18FN3O3/c18-13-2-1-3-14(8-13)24-16-5-4-12(9-20-16)10-21-17(22)15-11-23-7-6-19-15/h1-5,8-9,15,19H,6-7,10-11H2,(H,21,22). The molecule has 1 unspecified atom stereocenters. The Hall–Kier alpha value is -2.51. The summed E-state index contributed by atoms with van der Waals surface area (Å²) >= 11 is 0. The smallest absolute Gasteiger partial charge is 0.239 e. The molecule has 2 aromatic rings.